The van der Waals surface area contributed by atoms with Crippen molar-refractivity contribution < 1.29 is 23.8 Å². The number of hydrogen-bond acceptors (Lipinski definition) is 5. The highest BCUT2D eigenvalue weighted by Crippen LogP contribution is 2.77. The van der Waals surface area contributed by atoms with Crippen molar-refractivity contribution in [3.63, 3.8) is 0 Å². The molecule has 16 unspecified atom stereocenters. The van der Waals surface area contributed by atoms with Crippen LogP contribution in [0, 0.1) is 76.9 Å². The van der Waals surface area contributed by atoms with E-state index in [0.29, 0.717) is 35.9 Å². The predicted molar refractivity (Wildman–Crippen MR) is 118 cm³/mol. The molecule has 7 fully saturated rings. The van der Waals surface area contributed by atoms with Crippen LogP contribution in [0.5, 0.6) is 0 Å². The summed E-state index contributed by atoms with van der Waals surface area (Å²) in [5.74, 6) is 7.04. The number of fused-ring (bicyclic) bond motifs is 23. The number of carbonyl (C=O) groups is 2. The zero-order valence-electron chi connectivity index (χ0n) is 20.1. The van der Waals surface area contributed by atoms with Gasteiger partial charge in [-0.15, -0.1) is 0 Å². The molecule has 5 heteroatoms. The second kappa shape index (κ2) is 6.06. The van der Waals surface area contributed by atoms with E-state index >= 15 is 0 Å². The molecule has 8 rings (SSSR count). The van der Waals surface area contributed by atoms with E-state index in [9.17, 15) is 9.59 Å². The maximum Gasteiger partial charge on any atom is 0.313 e. The Labute approximate surface area is 196 Å². The highest BCUT2D eigenvalue weighted by Gasteiger charge is 2.79. The molecule has 5 nitrogen and oxygen atoms in total. The third-order valence-electron chi connectivity index (χ3n) is 11.6. The monoisotopic (exact) mass is 452 g/mol. The highest BCUT2D eigenvalue weighted by atomic mass is 16.6. The molecule has 178 valence electrons. The molecule has 0 radical (unpaired) electrons. The molecule has 5 saturated carbocycles. The largest absolute Gasteiger partial charge is 0.461 e. The van der Waals surface area contributed by atoms with Gasteiger partial charge in [0.25, 0.3) is 0 Å². The van der Waals surface area contributed by atoms with Gasteiger partial charge in [-0.05, 0) is 105 Å². The quantitative estimate of drug-likeness (QED) is 0.362. The van der Waals surface area contributed by atoms with Gasteiger partial charge in [-0.1, -0.05) is 12.2 Å². The molecule has 6 aliphatic carbocycles. The van der Waals surface area contributed by atoms with Crippen molar-refractivity contribution in [2.75, 3.05) is 0 Å². The van der Waals surface area contributed by atoms with Gasteiger partial charge in [-0.25, -0.2) is 0 Å². The number of esters is 2. The number of ether oxygens (including phenoxy) is 3. The van der Waals surface area contributed by atoms with Crippen molar-refractivity contribution in [3.05, 3.63) is 12.2 Å². The molecule has 8 aliphatic rings. The first-order valence-electron chi connectivity index (χ1n) is 13.5. The molecular formula is C28H36O5. The Kier molecular flexibility index (Phi) is 3.65. The summed E-state index contributed by atoms with van der Waals surface area (Å²) in [7, 11) is 0. The van der Waals surface area contributed by atoms with Crippen molar-refractivity contribution in [1.29, 1.82) is 0 Å². The third-order valence-corrected chi connectivity index (χ3v) is 11.6. The fraction of sp³-hybridized carbons (Fsp3) is 0.857. The summed E-state index contributed by atoms with van der Waals surface area (Å²) in [6.45, 7) is 7.23. The molecule has 2 heterocycles. The summed E-state index contributed by atoms with van der Waals surface area (Å²) in [5, 5.41) is 0. The van der Waals surface area contributed by atoms with E-state index in [2.05, 4.69) is 12.2 Å². The van der Waals surface area contributed by atoms with Crippen LogP contribution >= 0.6 is 0 Å². The summed E-state index contributed by atoms with van der Waals surface area (Å²) in [6, 6.07) is 0. The van der Waals surface area contributed by atoms with Gasteiger partial charge >= 0.3 is 11.9 Å². The molecule has 2 aliphatic heterocycles. The second-order valence-corrected chi connectivity index (χ2v) is 13.7. The van der Waals surface area contributed by atoms with Gasteiger partial charge in [0.2, 0.25) is 0 Å². The lowest BCUT2D eigenvalue weighted by Crippen LogP contribution is -2.54. The Morgan fingerprint density at radius 3 is 1.91 bits per heavy atom. The molecule has 33 heavy (non-hydrogen) atoms. The minimum absolute atomic E-state index is 0.176. The Morgan fingerprint density at radius 2 is 1.33 bits per heavy atom. The van der Waals surface area contributed by atoms with Gasteiger partial charge in [-0.2, -0.15) is 0 Å². The van der Waals surface area contributed by atoms with E-state index in [4.69, 9.17) is 14.2 Å². The molecule has 0 N–H and O–H groups in total. The van der Waals surface area contributed by atoms with Crippen molar-refractivity contribution >= 4 is 11.9 Å². The Balaban J connectivity index is 1.13. The van der Waals surface area contributed by atoms with Crippen LogP contribution in [-0.2, 0) is 23.8 Å². The molecule has 0 amide bonds. The van der Waals surface area contributed by atoms with E-state index in [0.717, 1.165) is 41.9 Å². The van der Waals surface area contributed by atoms with Gasteiger partial charge < -0.3 is 14.2 Å². The lowest BCUT2D eigenvalue weighted by atomic mass is 9.54. The summed E-state index contributed by atoms with van der Waals surface area (Å²) < 4.78 is 18.6. The number of allylic oxidation sites excluding steroid dienone is 2. The number of carbonyl (C=O) groups excluding carboxylic acids is 2. The fourth-order valence-electron chi connectivity index (χ4n) is 11.5. The van der Waals surface area contributed by atoms with Crippen LogP contribution in [0.4, 0.5) is 0 Å². The number of rotatable bonds is 2. The van der Waals surface area contributed by atoms with Gasteiger partial charge in [0, 0.05) is 12.8 Å². The normalized spacial score (nSPS) is 59.8. The smallest absolute Gasteiger partial charge is 0.313 e. The van der Waals surface area contributed by atoms with Crippen LogP contribution in [0.25, 0.3) is 0 Å². The molecule has 2 saturated heterocycles. The van der Waals surface area contributed by atoms with Crippen LogP contribution in [0.1, 0.15) is 47.0 Å². The van der Waals surface area contributed by atoms with E-state index in [-0.39, 0.29) is 35.8 Å². The predicted octanol–water partition coefficient (Wildman–Crippen LogP) is 3.86. The standard InChI is InChI=1S/C28H36O5/c1-10(29)31-24-16-9-15(23(24)27(30)33-28(2,3)4)21-22(16)26-20-14-8-13(19(20)25(21)32-26)17-11-5-6-12(7-11)18(14)17/h5-6,11-26H,7-9H2,1-4H3. The minimum Gasteiger partial charge on any atom is -0.461 e. The van der Waals surface area contributed by atoms with Crippen LogP contribution in [-0.4, -0.2) is 35.9 Å². The van der Waals surface area contributed by atoms with Crippen LogP contribution in [0.3, 0.4) is 0 Å². The topological polar surface area (TPSA) is 61.8 Å². The van der Waals surface area contributed by atoms with Crippen molar-refractivity contribution in [2.45, 2.75) is 70.9 Å². The molecule has 0 spiro atoms. The Bertz CT molecular complexity index is 964. The van der Waals surface area contributed by atoms with Gasteiger partial charge in [0.15, 0.2) is 0 Å². The lowest BCUT2D eigenvalue weighted by Gasteiger charge is -2.49. The van der Waals surface area contributed by atoms with Crippen LogP contribution in [0.15, 0.2) is 12.2 Å². The summed E-state index contributed by atoms with van der Waals surface area (Å²) in [4.78, 5) is 25.4. The minimum atomic E-state index is -0.537. The van der Waals surface area contributed by atoms with Gasteiger partial charge in [-0.3, -0.25) is 9.59 Å². The SMILES string of the molecule is CC(=O)OC1C2CC(C1C(=O)OC(C)(C)C)C1C3OC(C21)C1C2CC(C4C5C=CC(C5)C24)C31. The average Bonchev–Trinajstić information content (AvgIpc) is 3.56. The van der Waals surface area contributed by atoms with E-state index in [1.165, 1.54) is 19.8 Å². The second-order valence-electron chi connectivity index (χ2n) is 13.7. The molecule has 0 aromatic carbocycles. The molecule has 8 bridgehead atoms. The van der Waals surface area contributed by atoms with Crippen molar-refractivity contribution in [1.82, 2.24) is 0 Å². The van der Waals surface area contributed by atoms with E-state index < -0.39 is 5.60 Å². The van der Waals surface area contributed by atoms with Crippen LogP contribution < -0.4 is 0 Å². The fourth-order valence-corrected chi connectivity index (χ4v) is 11.5. The highest BCUT2D eigenvalue weighted by molar-refractivity contribution is 5.76. The molecule has 16 atom stereocenters. The lowest BCUT2D eigenvalue weighted by molar-refractivity contribution is -0.176. The molecular weight excluding hydrogens is 416 g/mol. The summed E-state index contributed by atoms with van der Waals surface area (Å²) in [6.07, 6.45) is 9.12. The zero-order valence-corrected chi connectivity index (χ0v) is 20.1. The van der Waals surface area contributed by atoms with E-state index in [1.54, 1.807) is 0 Å². The summed E-state index contributed by atoms with van der Waals surface area (Å²) in [5.41, 5.74) is -0.537. The van der Waals surface area contributed by atoms with Crippen molar-refractivity contribution in [3.8, 4) is 0 Å². The van der Waals surface area contributed by atoms with Crippen LogP contribution in [0.2, 0.25) is 0 Å². The van der Waals surface area contributed by atoms with Crippen molar-refractivity contribution in [2.24, 2.45) is 76.9 Å². The maximum absolute atomic E-state index is 13.4. The average molecular weight is 453 g/mol. The van der Waals surface area contributed by atoms with E-state index in [1.807, 2.05) is 20.8 Å². The first-order chi connectivity index (χ1) is 15.7. The van der Waals surface area contributed by atoms with Gasteiger partial charge in [0.05, 0.1) is 18.1 Å². The Hall–Kier alpha value is -1.36. The molecule has 0 aromatic rings. The first-order valence-corrected chi connectivity index (χ1v) is 13.5. The third kappa shape index (κ3) is 2.30. The molecule has 0 aromatic heterocycles. The van der Waals surface area contributed by atoms with Gasteiger partial charge in [0.1, 0.15) is 11.7 Å². The maximum atomic E-state index is 13.4. The first kappa shape index (κ1) is 19.9. The number of hydrogen-bond donors (Lipinski definition) is 0. The zero-order chi connectivity index (χ0) is 22.5. The summed E-state index contributed by atoms with van der Waals surface area (Å²) >= 11 is 0. The Morgan fingerprint density at radius 1 is 0.788 bits per heavy atom.